The van der Waals surface area contributed by atoms with E-state index in [1.807, 2.05) is 29.8 Å². The summed E-state index contributed by atoms with van der Waals surface area (Å²) >= 11 is 12.4. The third-order valence-corrected chi connectivity index (χ3v) is 4.41. The van der Waals surface area contributed by atoms with Crippen molar-refractivity contribution in [2.75, 3.05) is 0 Å². The first-order valence-corrected chi connectivity index (χ1v) is 7.99. The molecule has 0 aliphatic heterocycles. The molecule has 0 bridgehead atoms. The van der Waals surface area contributed by atoms with Crippen LogP contribution in [0, 0.1) is 6.92 Å². The summed E-state index contributed by atoms with van der Waals surface area (Å²) in [6, 6.07) is 5.68. The van der Waals surface area contributed by atoms with Gasteiger partial charge in [-0.25, -0.2) is 0 Å². The lowest BCUT2D eigenvalue weighted by molar-refractivity contribution is 0.584. The maximum absolute atomic E-state index is 6.44. The van der Waals surface area contributed by atoms with Crippen LogP contribution in [0.5, 0.6) is 0 Å². The van der Waals surface area contributed by atoms with E-state index in [4.69, 9.17) is 28.9 Å². The molecule has 1 aromatic carbocycles. The highest BCUT2D eigenvalue weighted by atomic mass is 35.5. The number of hydrogen-bond acceptors (Lipinski definition) is 2. The standard InChI is InChI=1S/C16H21Cl2N3/c1-4-14-16(18)15(21(5-2)20-14)9-13(19)12-7-6-11(17)8-10(12)3/h6-8,13H,4-5,9,19H2,1-3H3. The molecule has 0 saturated carbocycles. The summed E-state index contributed by atoms with van der Waals surface area (Å²) in [6.45, 7) is 6.94. The number of aromatic nitrogens is 2. The fourth-order valence-corrected chi connectivity index (χ4v) is 3.16. The lowest BCUT2D eigenvalue weighted by atomic mass is 9.98. The topological polar surface area (TPSA) is 43.8 Å². The third kappa shape index (κ3) is 3.42. The molecule has 5 heteroatoms. The first kappa shape index (κ1) is 16.3. The van der Waals surface area contributed by atoms with Crippen molar-refractivity contribution >= 4 is 23.2 Å². The van der Waals surface area contributed by atoms with Crippen LogP contribution in [-0.2, 0) is 19.4 Å². The van der Waals surface area contributed by atoms with E-state index >= 15 is 0 Å². The molecule has 0 spiro atoms. The maximum Gasteiger partial charge on any atom is 0.0850 e. The van der Waals surface area contributed by atoms with Gasteiger partial charge in [-0.3, -0.25) is 4.68 Å². The normalized spacial score (nSPS) is 12.7. The van der Waals surface area contributed by atoms with E-state index < -0.39 is 0 Å². The van der Waals surface area contributed by atoms with Crippen LogP contribution in [0.4, 0.5) is 0 Å². The van der Waals surface area contributed by atoms with Crippen molar-refractivity contribution in [3.8, 4) is 0 Å². The third-order valence-electron chi connectivity index (χ3n) is 3.74. The van der Waals surface area contributed by atoms with E-state index in [0.29, 0.717) is 6.42 Å². The van der Waals surface area contributed by atoms with Crippen LogP contribution < -0.4 is 5.73 Å². The van der Waals surface area contributed by atoms with E-state index in [1.165, 1.54) is 0 Å². The van der Waals surface area contributed by atoms with Crippen LogP contribution in [0.25, 0.3) is 0 Å². The lowest BCUT2D eigenvalue weighted by Gasteiger charge is -2.16. The molecule has 0 aliphatic carbocycles. The molecule has 0 radical (unpaired) electrons. The number of hydrogen-bond donors (Lipinski definition) is 1. The van der Waals surface area contributed by atoms with E-state index in [1.54, 1.807) is 0 Å². The molecular formula is C16H21Cl2N3. The molecule has 0 aliphatic rings. The predicted molar refractivity (Wildman–Crippen MR) is 89.1 cm³/mol. The van der Waals surface area contributed by atoms with Gasteiger partial charge in [-0.05, 0) is 43.5 Å². The summed E-state index contributed by atoms with van der Waals surface area (Å²) in [5, 5.41) is 6.02. The number of benzene rings is 1. The van der Waals surface area contributed by atoms with Crippen LogP contribution >= 0.6 is 23.2 Å². The van der Waals surface area contributed by atoms with Gasteiger partial charge in [0.15, 0.2) is 0 Å². The van der Waals surface area contributed by atoms with Gasteiger partial charge in [-0.2, -0.15) is 5.10 Å². The molecule has 114 valence electrons. The average Bonchev–Trinajstić information content (AvgIpc) is 2.75. The summed E-state index contributed by atoms with van der Waals surface area (Å²) in [4.78, 5) is 0. The molecule has 1 atom stereocenters. The van der Waals surface area contributed by atoms with Crippen LogP contribution in [0.2, 0.25) is 10.0 Å². The Morgan fingerprint density at radius 1 is 1.29 bits per heavy atom. The van der Waals surface area contributed by atoms with E-state index in [2.05, 4.69) is 18.9 Å². The maximum atomic E-state index is 6.44. The Bertz CT molecular complexity index is 635. The molecule has 2 rings (SSSR count). The zero-order valence-electron chi connectivity index (χ0n) is 12.7. The van der Waals surface area contributed by atoms with Gasteiger partial charge in [0.1, 0.15) is 0 Å². The van der Waals surface area contributed by atoms with Gasteiger partial charge in [0.2, 0.25) is 0 Å². The summed E-state index contributed by atoms with van der Waals surface area (Å²) in [5.41, 5.74) is 10.5. The Hall–Kier alpha value is -1.03. The highest BCUT2D eigenvalue weighted by Gasteiger charge is 2.18. The molecule has 1 heterocycles. The van der Waals surface area contributed by atoms with Crippen molar-refractivity contribution in [3.63, 3.8) is 0 Å². The molecule has 1 unspecified atom stereocenters. The lowest BCUT2D eigenvalue weighted by Crippen LogP contribution is -2.17. The van der Waals surface area contributed by atoms with Crippen molar-refractivity contribution < 1.29 is 0 Å². The smallest absolute Gasteiger partial charge is 0.0850 e. The van der Waals surface area contributed by atoms with Crippen molar-refractivity contribution in [2.24, 2.45) is 5.73 Å². The van der Waals surface area contributed by atoms with Gasteiger partial charge < -0.3 is 5.73 Å². The van der Waals surface area contributed by atoms with Crippen molar-refractivity contribution in [2.45, 2.75) is 46.2 Å². The van der Waals surface area contributed by atoms with Crippen molar-refractivity contribution in [3.05, 3.63) is 50.8 Å². The molecule has 1 aromatic heterocycles. The Morgan fingerprint density at radius 3 is 2.57 bits per heavy atom. The van der Waals surface area contributed by atoms with E-state index in [0.717, 1.165) is 45.5 Å². The van der Waals surface area contributed by atoms with E-state index in [-0.39, 0.29) is 6.04 Å². The minimum absolute atomic E-state index is 0.119. The first-order valence-electron chi connectivity index (χ1n) is 7.23. The second-order valence-corrected chi connectivity index (χ2v) is 6.00. The fraction of sp³-hybridized carbons (Fsp3) is 0.438. The van der Waals surface area contributed by atoms with Crippen LogP contribution in [-0.4, -0.2) is 9.78 Å². The minimum atomic E-state index is -0.119. The van der Waals surface area contributed by atoms with Gasteiger partial charge in [0.25, 0.3) is 0 Å². The van der Waals surface area contributed by atoms with Gasteiger partial charge >= 0.3 is 0 Å². The molecule has 2 aromatic rings. The van der Waals surface area contributed by atoms with Crippen LogP contribution in [0.3, 0.4) is 0 Å². The number of nitrogens with zero attached hydrogens (tertiary/aromatic N) is 2. The van der Waals surface area contributed by atoms with E-state index in [9.17, 15) is 0 Å². The summed E-state index contributed by atoms with van der Waals surface area (Å²) in [5.74, 6) is 0. The average molecular weight is 326 g/mol. The van der Waals surface area contributed by atoms with Gasteiger partial charge in [0, 0.05) is 24.0 Å². The van der Waals surface area contributed by atoms with Gasteiger partial charge in [0.05, 0.1) is 16.4 Å². The first-order chi connectivity index (χ1) is 9.97. The SMILES string of the molecule is CCc1nn(CC)c(CC(N)c2ccc(Cl)cc2C)c1Cl. The summed E-state index contributed by atoms with van der Waals surface area (Å²) in [7, 11) is 0. The predicted octanol–water partition coefficient (Wildman–Crippen LogP) is 4.32. The highest BCUT2D eigenvalue weighted by molar-refractivity contribution is 6.32. The van der Waals surface area contributed by atoms with Crippen molar-refractivity contribution in [1.82, 2.24) is 9.78 Å². The van der Waals surface area contributed by atoms with Crippen molar-refractivity contribution in [1.29, 1.82) is 0 Å². The van der Waals surface area contributed by atoms with Crippen LogP contribution in [0.1, 0.15) is 42.4 Å². The molecule has 21 heavy (non-hydrogen) atoms. The largest absolute Gasteiger partial charge is 0.324 e. The summed E-state index contributed by atoms with van der Waals surface area (Å²) in [6.07, 6.45) is 1.50. The second kappa shape index (κ2) is 6.82. The highest BCUT2D eigenvalue weighted by Crippen LogP contribution is 2.28. The zero-order valence-corrected chi connectivity index (χ0v) is 14.2. The Morgan fingerprint density at radius 2 is 2.00 bits per heavy atom. The number of nitrogens with two attached hydrogens (primary N) is 1. The number of rotatable bonds is 5. The molecule has 0 fully saturated rings. The zero-order chi connectivity index (χ0) is 15.6. The van der Waals surface area contributed by atoms with Crippen LogP contribution in [0.15, 0.2) is 18.2 Å². The summed E-state index contributed by atoms with van der Waals surface area (Å²) < 4.78 is 1.95. The molecule has 2 N–H and O–H groups in total. The quantitative estimate of drug-likeness (QED) is 0.889. The van der Waals surface area contributed by atoms with Gasteiger partial charge in [-0.1, -0.05) is 36.2 Å². The number of aryl methyl sites for hydroxylation is 3. The molecule has 0 amide bonds. The minimum Gasteiger partial charge on any atom is -0.324 e. The second-order valence-electron chi connectivity index (χ2n) is 5.19. The van der Waals surface area contributed by atoms with Gasteiger partial charge in [-0.15, -0.1) is 0 Å². The Labute approximate surface area is 136 Å². The molecule has 0 saturated heterocycles. The number of halogens is 2. The Balaban J connectivity index is 2.31. The Kier molecular flexibility index (Phi) is 5.31. The molecule has 3 nitrogen and oxygen atoms in total. The molecular weight excluding hydrogens is 305 g/mol. The fourth-order valence-electron chi connectivity index (χ4n) is 2.59. The monoisotopic (exact) mass is 325 g/mol.